The van der Waals surface area contributed by atoms with Crippen molar-refractivity contribution in [3.63, 3.8) is 0 Å². The third-order valence-corrected chi connectivity index (χ3v) is 3.86. The van der Waals surface area contributed by atoms with Gasteiger partial charge in [0.2, 0.25) is 0 Å². The molecule has 7 nitrogen and oxygen atoms in total. The molecule has 0 saturated carbocycles. The minimum absolute atomic E-state index is 0.101. The molecule has 0 aromatic heterocycles. The van der Waals surface area contributed by atoms with Crippen LogP contribution in [-0.2, 0) is 6.54 Å². The Morgan fingerprint density at radius 1 is 0.962 bits per heavy atom. The molecule has 0 heterocycles. The van der Waals surface area contributed by atoms with Gasteiger partial charge < -0.3 is 30.0 Å². The van der Waals surface area contributed by atoms with Gasteiger partial charge in [0.1, 0.15) is 5.75 Å². The number of nitrogens with one attached hydrogen (secondary N) is 2. The van der Waals surface area contributed by atoms with Crippen molar-refractivity contribution in [1.82, 2.24) is 10.6 Å². The minimum Gasteiger partial charge on any atom is -0.497 e. The second kappa shape index (κ2) is 9.53. The van der Waals surface area contributed by atoms with Crippen molar-refractivity contribution in [3.8, 4) is 17.2 Å². The number of carbonyl (C=O) groups excluding carboxylic acids is 1. The van der Waals surface area contributed by atoms with E-state index in [0.717, 1.165) is 5.56 Å². The summed E-state index contributed by atoms with van der Waals surface area (Å²) in [7, 11) is 4.70. The van der Waals surface area contributed by atoms with Gasteiger partial charge >= 0.3 is 6.03 Å². The van der Waals surface area contributed by atoms with Crippen molar-refractivity contribution in [2.45, 2.75) is 12.6 Å². The summed E-state index contributed by atoms with van der Waals surface area (Å²) in [6.45, 7) is 0.426. The highest BCUT2D eigenvalue weighted by Crippen LogP contribution is 2.27. The predicted octanol–water partition coefficient (Wildman–Crippen LogP) is 2.25. The summed E-state index contributed by atoms with van der Waals surface area (Å²) >= 11 is 0. The minimum atomic E-state index is -0.798. The number of rotatable bonds is 8. The van der Waals surface area contributed by atoms with Crippen molar-refractivity contribution in [1.29, 1.82) is 0 Å². The molecule has 2 aromatic rings. The van der Waals surface area contributed by atoms with E-state index in [2.05, 4.69) is 10.6 Å². The maximum atomic E-state index is 11.9. The summed E-state index contributed by atoms with van der Waals surface area (Å²) in [5.74, 6) is 1.94. The first-order valence-electron chi connectivity index (χ1n) is 8.12. The Morgan fingerprint density at radius 3 is 2.27 bits per heavy atom. The predicted molar refractivity (Wildman–Crippen MR) is 97.7 cm³/mol. The number of methoxy groups -OCH3 is 3. The first-order chi connectivity index (χ1) is 12.6. The molecule has 2 rings (SSSR count). The Kier molecular flexibility index (Phi) is 7.11. The lowest BCUT2D eigenvalue weighted by molar-refractivity contribution is 0.173. The molecule has 2 amide bonds. The molecule has 3 N–H and O–H groups in total. The molecule has 2 aromatic carbocycles. The highest BCUT2D eigenvalue weighted by atomic mass is 16.5. The fourth-order valence-corrected chi connectivity index (χ4v) is 2.37. The second-order valence-electron chi connectivity index (χ2n) is 5.54. The van der Waals surface area contributed by atoms with E-state index in [0.29, 0.717) is 29.4 Å². The van der Waals surface area contributed by atoms with Gasteiger partial charge in [-0.1, -0.05) is 18.2 Å². The van der Waals surface area contributed by atoms with E-state index in [1.165, 1.54) is 0 Å². The van der Waals surface area contributed by atoms with E-state index in [4.69, 9.17) is 14.2 Å². The molecule has 1 atom stereocenters. The highest BCUT2D eigenvalue weighted by Gasteiger charge is 2.10. The Labute approximate surface area is 152 Å². The van der Waals surface area contributed by atoms with Gasteiger partial charge in [-0.2, -0.15) is 0 Å². The zero-order valence-electron chi connectivity index (χ0n) is 15.1. The molecule has 26 heavy (non-hydrogen) atoms. The molecule has 0 aliphatic heterocycles. The van der Waals surface area contributed by atoms with Gasteiger partial charge in [-0.15, -0.1) is 0 Å². The van der Waals surface area contributed by atoms with Crippen LogP contribution < -0.4 is 24.8 Å². The molecule has 0 spiro atoms. The summed E-state index contributed by atoms with van der Waals surface area (Å²) in [6.07, 6.45) is -0.798. The van der Waals surface area contributed by atoms with Crippen LogP contribution in [0.1, 0.15) is 17.2 Å². The molecule has 1 unspecified atom stereocenters. The van der Waals surface area contributed by atoms with Crippen LogP contribution in [0, 0.1) is 0 Å². The molecule has 7 heteroatoms. The van der Waals surface area contributed by atoms with Gasteiger partial charge in [-0.25, -0.2) is 4.79 Å². The average molecular weight is 360 g/mol. The summed E-state index contributed by atoms with van der Waals surface area (Å²) in [4.78, 5) is 11.9. The van der Waals surface area contributed by atoms with Gasteiger partial charge in [0, 0.05) is 13.1 Å². The van der Waals surface area contributed by atoms with Gasteiger partial charge in [0.25, 0.3) is 0 Å². The summed E-state index contributed by atoms with van der Waals surface area (Å²) in [6, 6.07) is 12.1. The summed E-state index contributed by atoms with van der Waals surface area (Å²) < 4.78 is 15.5. The van der Waals surface area contributed by atoms with E-state index in [1.54, 1.807) is 57.7 Å². The number of hydrogen-bond donors (Lipinski definition) is 3. The van der Waals surface area contributed by atoms with Crippen LogP contribution in [0.4, 0.5) is 4.79 Å². The SMILES string of the molecule is COc1ccc(C(O)CNC(=O)NCc2ccc(OC)c(OC)c2)cc1. The summed E-state index contributed by atoms with van der Waals surface area (Å²) in [5.41, 5.74) is 1.57. The molecule has 0 bridgehead atoms. The second-order valence-corrected chi connectivity index (χ2v) is 5.54. The van der Waals surface area contributed by atoms with Crippen molar-refractivity contribution in [2.75, 3.05) is 27.9 Å². The number of benzene rings is 2. The van der Waals surface area contributed by atoms with Gasteiger partial charge in [0.05, 0.1) is 27.4 Å². The molecule has 0 aliphatic carbocycles. The first-order valence-corrected chi connectivity index (χ1v) is 8.12. The number of carbonyl (C=O) groups is 1. The smallest absolute Gasteiger partial charge is 0.315 e. The van der Waals surface area contributed by atoms with E-state index >= 15 is 0 Å². The Hall–Kier alpha value is -2.93. The van der Waals surface area contributed by atoms with Crippen LogP contribution in [-0.4, -0.2) is 39.0 Å². The zero-order valence-corrected chi connectivity index (χ0v) is 15.1. The summed E-state index contributed by atoms with van der Waals surface area (Å²) in [5, 5.41) is 15.5. The van der Waals surface area contributed by atoms with Crippen molar-refractivity contribution >= 4 is 6.03 Å². The van der Waals surface area contributed by atoms with Crippen LogP contribution in [0.15, 0.2) is 42.5 Å². The quantitative estimate of drug-likeness (QED) is 0.672. The number of ether oxygens (including phenoxy) is 3. The van der Waals surface area contributed by atoms with Crippen molar-refractivity contribution < 1.29 is 24.1 Å². The Morgan fingerprint density at radius 2 is 1.65 bits per heavy atom. The van der Waals surface area contributed by atoms with Crippen molar-refractivity contribution in [3.05, 3.63) is 53.6 Å². The van der Waals surface area contributed by atoms with Gasteiger partial charge in [-0.05, 0) is 35.4 Å². The van der Waals surface area contributed by atoms with Gasteiger partial charge in [-0.3, -0.25) is 0 Å². The average Bonchev–Trinajstić information content (AvgIpc) is 2.70. The number of hydrogen-bond acceptors (Lipinski definition) is 5. The van der Waals surface area contributed by atoms with Crippen LogP contribution >= 0.6 is 0 Å². The lowest BCUT2D eigenvalue weighted by Gasteiger charge is -2.14. The standard InChI is InChI=1S/C19H24N2O5/c1-24-15-7-5-14(6-8-15)16(22)12-21-19(23)20-11-13-4-9-17(25-2)18(10-13)26-3/h4-10,16,22H,11-12H2,1-3H3,(H2,20,21,23). The van der Waals surface area contributed by atoms with E-state index in [1.807, 2.05) is 6.07 Å². The third kappa shape index (κ3) is 5.29. The number of amides is 2. The monoisotopic (exact) mass is 360 g/mol. The largest absolute Gasteiger partial charge is 0.497 e. The number of aliphatic hydroxyl groups excluding tert-OH is 1. The maximum Gasteiger partial charge on any atom is 0.315 e. The molecule has 0 saturated heterocycles. The molecule has 0 radical (unpaired) electrons. The van der Waals surface area contributed by atoms with Gasteiger partial charge in [0.15, 0.2) is 11.5 Å². The topological polar surface area (TPSA) is 89.1 Å². The molecule has 0 fully saturated rings. The molecule has 140 valence electrons. The zero-order chi connectivity index (χ0) is 18.9. The van der Waals surface area contributed by atoms with Crippen molar-refractivity contribution in [2.24, 2.45) is 0 Å². The van der Waals surface area contributed by atoms with Crippen LogP contribution in [0.5, 0.6) is 17.2 Å². The van der Waals surface area contributed by atoms with Crippen LogP contribution in [0.3, 0.4) is 0 Å². The lowest BCUT2D eigenvalue weighted by atomic mass is 10.1. The van der Waals surface area contributed by atoms with Crippen LogP contribution in [0.2, 0.25) is 0 Å². The molecular formula is C19H24N2O5. The molecular weight excluding hydrogens is 336 g/mol. The number of aliphatic hydroxyl groups is 1. The fraction of sp³-hybridized carbons (Fsp3) is 0.316. The maximum absolute atomic E-state index is 11.9. The third-order valence-electron chi connectivity index (χ3n) is 3.86. The van der Waals surface area contributed by atoms with Crippen LogP contribution in [0.25, 0.3) is 0 Å². The van der Waals surface area contributed by atoms with E-state index in [9.17, 15) is 9.90 Å². The Balaban J connectivity index is 1.81. The first kappa shape index (κ1) is 19.4. The fourth-order valence-electron chi connectivity index (χ4n) is 2.37. The molecule has 0 aliphatic rings. The van der Waals surface area contributed by atoms with E-state index < -0.39 is 6.10 Å². The Bertz CT molecular complexity index is 718. The number of urea groups is 1. The van der Waals surface area contributed by atoms with E-state index in [-0.39, 0.29) is 12.6 Å². The lowest BCUT2D eigenvalue weighted by Crippen LogP contribution is -2.37. The normalized spacial score (nSPS) is 11.4. The highest BCUT2D eigenvalue weighted by molar-refractivity contribution is 5.73.